The Kier molecular flexibility index (Phi) is 5.56. The molecule has 0 spiro atoms. The summed E-state index contributed by atoms with van der Waals surface area (Å²) >= 11 is 0. The monoisotopic (exact) mass is 225 g/mol. The minimum Gasteiger partial charge on any atom is -0.396 e. The Bertz CT molecular complexity index is 362. The maximum Gasteiger partial charge on any atom is 0.268 e. The summed E-state index contributed by atoms with van der Waals surface area (Å²) in [6.45, 7) is 3.58. The molecule has 0 saturated carbocycles. The fourth-order valence-electron chi connectivity index (χ4n) is 1.45. The highest BCUT2D eigenvalue weighted by molar-refractivity contribution is 5.38. The highest BCUT2D eigenvalue weighted by atomic mass is 16.2. The molecule has 0 fully saturated rings. The number of aliphatic hydroxyl groups excluding tert-OH is 1. The third-order valence-corrected chi connectivity index (χ3v) is 2.28. The van der Waals surface area contributed by atoms with Crippen molar-refractivity contribution in [1.82, 2.24) is 9.78 Å². The van der Waals surface area contributed by atoms with Crippen molar-refractivity contribution in [3.8, 4) is 0 Å². The standard InChI is InChI=1S/C11H19N3O2/c1-2-12-10-8-11(16)14(13-9-10)6-4-3-5-7-15/h8-9,12,15H,2-7H2,1H3. The van der Waals surface area contributed by atoms with Gasteiger partial charge in [0.2, 0.25) is 0 Å². The fourth-order valence-corrected chi connectivity index (χ4v) is 1.45. The summed E-state index contributed by atoms with van der Waals surface area (Å²) < 4.78 is 1.46. The first kappa shape index (κ1) is 12.7. The van der Waals surface area contributed by atoms with Crippen molar-refractivity contribution < 1.29 is 5.11 Å². The number of aryl methyl sites for hydroxylation is 1. The lowest BCUT2D eigenvalue weighted by atomic mass is 10.2. The van der Waals surface area contributed by atoms with E-state index in [9.17, 15) is 4.79 Å². The van der Waals surface area contributed by atoms with Crippen LogP contribution in [0.4, 0.5) is 5.69 Å². The van der Waals surface area contributed by atoms with Crippen molar-refractivity contribution in [1.29, 1.82) is 0 Å². The van der Waals surface area contributed by atoms with Gasteiger partial charge in [-0.15, -0.1) is 0 Å². The lowest BCUT2D eigenvalue weighted by Crippen LogP contribution is -2.22. The van der Waals surface area contributed by atoms with E-state index in [1.807, 2.05) is 6.92 Å². The Balaban J connectivity index is 2.51. The summed E-state index contributed by atoms with van der Waals surface area (Å²) in [5.41, 5.74) is 0.682. The summed E-state index contributed by atoms with van der Waals surface area (Å²) in [5.74, 6) is 0. The molecule has 0 aliphatic heterocycles. The van der Waals surface area contributed by atoms with Gasteiger partial charge in [-0.1, -0.05) is 0 Å². The summed E-state index contributed by atoms with van der Waals surface area (Å²) in [6.07, 6.45) is 4.23. The summed E-state index contributed by atoms with van der Waals surface area (Å²) in [4.78, 5) is 11.6. The van der Waals surface area contributed by atoms with E-state index in [0.29, 0.717) is 6.54 Å². The summed E-state index contributed by atoms with van der Waals surface area (Å²) in [7, 11) is 0. The average molecular weight is 225 g/mol. The molecule has 1 aromatic rings. The maximum atomic E-state index is 11.6. The highest BCUT2D eigenvalue weighted by Gasteiger charge is 1.99. The number of rotatable bonds is 7. The molecule has 5 nitrogen and oxygen atoms in total. The molecule has 0 aromatic carbocycles. The number of unbranched alkanes of at least 4 members (excludes halogenated alkanes) is 2. The highest BCUT2D eigenvalue weighted by Crippen LogP contribution is 2.00. The van der Waals surface area contributed by atoms with Gasteiger partial charge in [-0.2, -0.15) is 5.10 Å². The molecule has 0 bridgehead atoms. The van der Waals surface area contributed by atoms with Crippen molar-refractivity contribution in [2.75, 3.05) is 18.5 Å². The van der Waals surface area contributed by atoms with Gasteiger partial charge >= 0.3 is 0 Å². The third-order valence-electron chi connectivity index (χ3n) is 2.28. The van der Waals surface area contributed by atoms with Gasteiger partial charge in [-0.25, -0.2) is 4.68 Å². The van der Waals surface area contributed by atoms with E-state index in [0.717, 1.165) is 31.5 Å². The Hall–Kier alpha value is -1.36. The van der Waals surface area contributed by atoms with Gasteiger partial charge in [0.15, 0.2) is 0 Å². The molecular formula is C11H19N3O2. The molecule has 16 heavy (non-hydrogen) atoms. The SMILES string of the molecule is CCNc1cnn(CCCCCO)c(=O)c1. The first-order valence-electron chi connectivity index (χ1n) is 5.70. The molecule has 90 valence electrons. The van der Waals surface area contributed by atoms with E-state index in [2.05, 4.69) is 10.4 Å². The van der Waals surface area contributed by atoms with Crippen LogP contribution in [0.2, 0.25) is 0 Å². The minimum absolute atomic E-state index is 0.0811. The fraction of sp³-hybridized carbons (Fsp3) is 0.636. The smallest absolute Gasteiger partial charge is 0.268 e. The number of anilines is 1. The second kappa shape index (κ2) is 7.00. The van der Waals surface area contributed by atoms with Crippen LogP contribution in [0.15, 0.2) is 17.1 Å². The first-order valence-corrected chi connectivity index (χ1v) is 5.70. The molecule has 2 N–H and O–H groups in total. The van der Waals surface area contributed by atoms with Gasteiger partial charge in [-0.3, -0.25) is 4.79 Å². The Labute approximate surface area is 95.1 Å². The van der Waals surface area contributed by atoms with Crippen LogP contribution in [-0.4, -0.2) is 28.0 Å². The normalized spacial score (nSPS) is 10.4. The van der Waals surface area contributed by atoms with Crippen molar-refractivity contribution in [3.63, 3.8) is 0 Å². The Morgan fingerprint density at radius 1 is 1.44 bits per heavy atom. The molecule has 0 aliphatic rings. The second-order valence-corrected chi connectivity index (χ2v) is 3.62. The van der Waals surface area contributed by atoms with Crippen LogP contribution in [0, 0.1) is 0 Å². The van der Waals surface area contributed by atoms with Crippen LogP contribution >= 0.6 is 0 Å². The van der Waals surface area contributed by atoms with Crippen LogP contribution in [0.5, 0.6) is 0 Å². The number of nitrogens with one attached hydrogen (secondary N) is 1. The molecule has 0 radical (unpaired) electrons. The zero-order chi connectivity index (χ0) is 11.8. The van der Waals surface area contributed by atoms with Crippen molar-refractivity contribution in [2.45, 2.75) is 32.7 Å². The first-order chi connectivity index (χ1) is 7.77. The number of hydrogen-bond donors (Lipinski definition) is 2. The van der Waals surface area contributed by atoms with Crippen LogP contribution in [0.1, 0.15) is 26.2 Å². The molecule has 5 heteroatoms. The van der Waals surface area contributed by atoms with Gasteiger partial charge in [0.25, 0.3) is 5.56 Å². The minimum atomic E-state index is -0.0811. The Morgan fingerprint density at radius 2 is 2.25 bits per heavy atom. The molecule has 1 rings (SSSR count). The predicted octanol–water partition coefficient (Wildman–Crippen LogP) is 0.838. The quantitative estimate of drug-likeness (QED) is 0.675. The lowest BCUT2D eigenvalue weighted by Gasteiger charge is -2.06. The zero-order valence-corrected chi connectivity index (χ0v) is 9.65. The van der Waals surface area contributed by atoms with Crippen LogP contribution in [0.25, 0.3) is 0 Å². The maximum absolute atomic E-state index is 11.6. The number of nitrogens with zero attached hydrogens (tertiary/aromatic N) is 2. The van der Waals surface area contributed by atoms with E-state index in [4.69, 9.17) is 5.11 Å². The van der Waals surface area contributed by atoms with E-state index >= 15 is 0 Å². The largest absolute Gasteiger partial charge is 0.396 e. The average Bonchev–Trinajstić information content (AvgIpc) is 2.27. The summed E-state index contributed by atoms with van der Waals surface area (Å²) in [5, 5.41) is 15.7. The van der Waals surface area contributed by atoms with E-state index in [1.54, 1.807) is 12.3 Å². The predicted molar refractivity (Wildman–Crippen MR) is 63.6 cm³/mol. The number of aliphatic hydroxyl groups is 1. The van der Waals surface area contributed by atoms with Gasteiger partial charge in [0.05, 0.1) is 11.9 Å². The van der Waals surface area contributed by atoms with Gasteiger partial charge in [0, 0.05) is 25.8 Å². The van der Waals surface area contributed by atoms with Crippen molar-refractivity contribution in [3.05, 3.63) is 22.6 Å². The van der Waals surface area contributed by atoms with Crippen molar-refractivity contribution >= 4 is 5.69 Å². The zero-order valence-electron chi connectivity index (χ0n) is 9.65. The van der Waals surface area contributed by atoms with Gasteiger partial charge in [0.1, 0.15) is 0 Å². The van der Waals surface area contributed by atoms with Gasteiger partial charge in [-0.05, 0) is 26.2 Å². The summed E-state index contributed by atoms with van der Waals surface area (Å²) in [6, 6.07) is 1.56. The van der Waals surface area contributed by atoms with E-state index in [1.165, 1.54) is 4.68 Å². The molecule has 1 aromatic heterocycles. The van der Waals surface area contributed by atoms with Gasteiger partial charge < -0.3 is 10.4 Å². The molecule has 0 atom stereocenters. The van der Waals surface area contributed by atoms with Crippen molar-refractivity contribution in [2.24, 2.45) is 0 Å². The molecule has 1 heterocycles. The number of aromatic nitrogens is 2. The molecule has 0 amide bonds. The van der Waals surface area contributed by atoms with E-state index < -0.39 is 0 Å². The molecule has 0 saturated heterocycles. The third kappa shape index (κ3) is 4.02. The topological polar surface area (TPSA) is 67.2 Å². The molecular weight excluding hydrogens is 206 g/mol. The second-order valence-electron chi connectivity index (χ2n) is 3.62. The molecule has 0 unspecified atom stereocenters. The van der Waals surface area contributed by atoms with E-state index in [-0.39, 0.29) is 12.2 Å². The van der Waals surface area contributed by atoms with Crippen LogP contribution in [0.3, 0.4) is 0 Å². The molecule has 0 aliphatic carbocycles. The van der Waals surface area contributed by atoms with Crippen LogP contribution < -0.4 is 10.9 Å². The number of hydrogen-bond acceptors (Lipinski definition) is 4. The lowest BCUT2D eigenvalue weighted by molar-refractivity contribution is 0.281. The van der Waals surface area contributed by atoms with Crippen LogP contribution in [-0.2, 0) is 6.54 Å². The Morgan fingerprint density at radius 3 is 2.88 bits per heavy atom.